The van der Waals surface area contributed by atoms with E-state index in [0.717, 1.165) is 0 Å². The Hall–Kier alpha value is -1.10. The third kappa shape index (κ3) is 6.40. The summed E-state index contributed by atoms with van der Waals surface area (Å²) >= 11 is 0. The van der Waals surface area contributed by atoms with E-state index in [1.165, 1.54) is 0 Å². The Kier molecular flexibility index (Phi) is 7.54. The standard InChI is InChI=1S/C11H22N2O3/c1-5-16-11(15)8-13(9(2)3)7-6-10(14)12-4/h9H,5-8H2,1-4H3,(H,12,14). The number of nitrogens with one attached hydrogen (secondary N) is 1. The molecular weight excluding hydrogens is 208 g/mol. The van der Waals surface area contributed by atoms with E-state index in [9.17, 15) is 9.59 Å². The third-order valence-corrected chi connectivity index (χ3v) is 2.27. The molecule has 0 aromatic heterocycles. The van der Waals surface area contributed by atoms with Gasteiger partial charge in [-0.15, -0.1) is 0 Å². The predicted octanol–water partition coefficient (Wildman–Crippen LogP) is 0.396. The molecule has 0 heterocycles. The van der Waals surface area contributed by atoms with Crippen molar-refractivity contribution < 1.29 is 14.3 Å². The minimum Gasteiger partial charge on any atom is -0.465 e. The van der Waals surface area contributed by atoms with Crippen LogP contribution in [0.4, 0.5) is 0 Å². The molecule has 0 aromatic carbocycles. The van der Waals surface area contributed by atoms with Gasteiger partial charge < -0.3 is 10.1 Å². The molecule has 0 saturated heterocycles. The summed E-state index contributed by atoms with van der Waals surface area (Å²) in [5.74, 6) is -0.261. The maximum absolute atomic E-state index is 11.3. The molecule has 0 aliphatic carbocycles. The number of carbonyl (C=O) groups is 2. The van der Waals surface area contributed by atoms with Crippen LogP contribution in [0.25, 0.3) is 0 Å². The highest BCUT2D eigenvalue weighted by molar-refractivity contribution is 5.76. The number of nitrogens with zero attached hydrogens (tertiary/aromatic N) is 1. The van der Waals surface area contributed by atoms with E-state index in [2.05, 4.69) is 5.32 Å². The second kappa shape index (κ2) is 8.10. The topological polar surface area (TPSA) is 58.6 Å². The molecule has 5 nitrogen and oxygen atoms in total. The van der Waals surface area contributed by atoms with Crippen molar-refractivity contribution in [3.63, 3.8) is 0 Å². The summed E-state index contributed by atoms with van der Waals surface area (Å²) < 4.78 is 4.87. The van der Waals surface area contributed by atoms with Crippen LogP contribution in [0.1, 0.15) is 27.2 Å². The van der Waals surface area contributed by atoms with Crippen LogP contribution in [0.15, 0.2) is 0 Å². The Balaban J connectivity index is 4.07. The molecule has 0 saturated carbocycles. The number of amides is 1. The lowest BCUT2D eigenvalue weighted by molar-refractivity contribution is -0.145. The van der Waals surface area contributed by atoms with Gasteiger partial charge in [-0.2, -0.15) is 0 Å². The number of ether oxygens (including phenoxy) is 1. The zero-order chi connectivity index (χ0) is 12.6. The summed E-state index contributed by atoms with van der Waals surface area (Å²) in [4.78, 5) is 24.3. The second-order valence-corrected chi connectivity index (χ2v) is 3.79. The van der Waals surface area contributed by atoms with Gasteiger partial charge in [0.15, 0.2) is 0 Å². The van der Waals surface area contributed by atoms with Crippen molar-refractivity contribution in [2.24, 2.45) is 0 Å². The molecule has 0 aromatic rings. The molecule has 0 atom stereocenters. The van der Waals surface area contributed by atoms with Crippen molar-refractivity contribution in [1.82, 2.24) is 10.2 Å². The van der Waals surface area contributed by atoms with Gasteiger partial charge in [-0.1, -0.05) is 0 Å². The van der Waals surface area contributed by atoms with Crippen LogP contribution in [-0.2, 0) is 14.3 Å². The van der Waals surface area contributed by atoms with Crippen LogP contribution < -0.4 is 5.32 Å². The SMILES string of the molecule is CCOC(=O)CN(CCC(=O)NC)C(C)C. The van der Waals surface area contributed by atoms with Gasteiger partial charge in [0.2, 0.25) is 5.91 Å². The Morgan fingerprint density at radius 1 is 1.38 bits per heavy atom. The normalized spacial score (nSPS) is 10.6. The molecule has 0 fully saturated rings. The lowest BCUT2D eigenvalue weighted by Crippen LogP contribution is -2.38. The Morgan fingerprint density at radius 3 is 2.44 bits per heavy atom. The van der Waals surface area contributed by atoms with Gasteiger partial charge in [0.25, 0.3) is 0 Å². The first kappa shape index (κ1) is 14.9. The average Bonchev–Trinajstić information content (AvgIpc) is 2.23. The van der Waals surface area contributed by atoms with E-state index in [1.807, 2.05) is 18.7 Å². The molecule has 0 aliphatic rings. The summed E-state index contributed by atoms with van der Waals surface area (Å²) in [6, 6.07) is 0.217. The van der Waals surface area contributed by atoms with E-state index in [1.54, 1.807) is 14.0 Å². The summed E-state index contributed by atoms with van der Waals surface area (Å²) in [5.41, 5.74) is 0. The first-order chi connectivity index (χ1) is 7.51. The van der Waals surface area contributed by atoms with Gasteiger partial charge in [0, 0.05) is 26.1 Å². The zero-order valence-electron chi connectivity index (χ0n) is 10.6. The van der Waals surface area contributed by atoms with Crippen LogP contribution in [0, 0.1) is 0 Å². The summed E-state index contributed by atoms with van der Waals surface area (Å²) in [7, 11) is 1.60. The lowest BCUT2D eigenvalue weighted by Gasteiger charge is -2.24. The summed E-state index contributed by atoms with van der Waals surface area (Å²) in [6.45, 7) is 6.95. The highest BCUT2D eigenvalue weighted by atomic mass is 16.5. The summed E-state index contributed by atoms with van der Waals surface area (Å²) in [5, 5.41) is 2.56. The van der Waals surface area contributed by atoms with E-state index in [-0.39, 0.29) is 24.5 Å². The molecule has 0 radical (unpaired) electrons. The van der Waals surface area contributed by atoms with Crippen molar-refractivity contribution in [3.8, 4) is 0 Å². The van der Waals surface area contributed by atoms with Crippen LogP contribution in [0.2, 0.25) is 0 Å². The number of hydrogen-bond acceptors (Lipinski definition) is 4. The van der Waals surface area contributed by atoms with Gasteiger partial charge in [-0.05, 0) is 20.8 Å². The van der Waals surface area contributed by atoms with Crippen molar-refractivity contribution in [2.75, 3.05) is 26.7 Å². The number of rotatable bonds is 7. The molecule has 5 heteroatoms. The van der Waals surface area contributed by atoms with Gasteiger partial charge in [0.1, 0.15) is 0 Å². The van der Waals surface area contributed by atoms with Gasteiger partial charge in [0.05, 0.1) is 13.2 Å². The van der Waals surface area contributed by atoms with E-state index < -0.39 is 0 Å². The number of carbonyl (C=O) groups excluding carboxylic acids is 2. The molecule has 1 N–H and O–H groups in total. The fraction of sp³-hybridized carbons (Fsp3) is 0.818. The molecular formula is C11H22N2O3. The quantitative estimate of drug-likeness (QED) is 0.643. The molecule has 16 heavy (non-hydrogen) atoms. The first-order valence-electron chi connectivity index (χ1n) is 5.61. The smallest absolute Gasteiger partial charge is 0.320 e. The van der Waals surface area contributed by atoms with Crippen LogP contribution in [0.3, 0.4) is 0 Å². The maximum atomic E-state index is 11.3. The first-order valence-corrected chi connectivity index (χ1v) is 5.61. The molecule has 0 unspecified atom stereocenters. The van der Waals surface area contributed by atoms with Crippen molar-refractivity contribution >= 4 is 11.9 Å². The van der Waals surface area contributed by atoms with Crippen molar-refractivity contribution in [2.45, 2.75) is 33.2 Å². The second-order valence-electron chi connectivity index (χ2n) is 3.79. The highest BCUT2D eigenvalue weighted by Gasteiger charge is 2.15. The Bertz CT molecular complexity index is 229. The minimum atomic E-state index is -0.242. The van der Waals surface area contributed by atoms with Crippen molar-refractivity contribution in [1.29, 1.82) is 0 Å². The lowest BCUT2D eigenvalue weighted by atomic mass is 10.2. The molecule has 0 bridgehead atoms. The molecule has 94 valence electrons. The van der Waals surface area contributed by atoms with E-state index in [4.69, 9.17) is 4.74 Å². The summed E-state index contributed by atoms with van der Waals surface area (Å²) in [6.07, 6.45) is 0.397. The fourth-order valence-corrected chi connectivity index (χ4v) is 1.26. The molecule has 0 aliphatic heterocycles. The maximum Gasteiger partial charge on any atom is 0.320 e. The average molecular weight is 230 g/mol. The predicted molar refractivity (Wildman–Crippen MR) is 62.0 cm³/mol. The molecule has 1 amide bonds. The Labute approximate surface area is 97.1 Å². The van der Waals surface area contributed by atoms with Gasteiger partial charge in [-0.25, -0.2) is 0 Å². The highest BCUT2D eigenvalue weighted by Crippen LogP contribution is 2.00. The Morgan fingerprint density at radius 2 is 2.00 bits per heavy atom. The number of hydrogen-bond donors (Lipinski definition) is 1. The van der Waals surface area contributed by atoms with Crippen LogP contribution in [-0.4, -0.2) is 49.6 Å². The third-order valence-electron chi connectivity index (χ3n) is 2.27. The van der Waals surface area contributed by atoms with Gasteiger partial charge in [-0.3, -0.25) is 14.5 Å². The largest absolute Gasteiger partial charge is 0.465 e. The van der Waals surface area contributed by atoms with E-state index >= 15 is 0 Å². The van der Waals surface area contributed by atoms with E-state index in [0.29, 0.717) is 19.6 Å². The van der Waals surface area contributed by atoms with Gasteiger partial charge >= 0.3 is 5.97 Å². The minimum absolute atomic E-state index is 0.0190. The molecule has 0 rings (SSSR count). The fourth-order valence-electron chi connectivity index (χ4n) is 1.26. The van der Waals surface area contributed by atoms with Crippen molar-refractivity contribution in [3.05, 3.63) is 0 Å². The zero-order valence-corrected chi connectivity index (χ0v) is 10.6. The van der Waals surface area contributed by atoms with Crippen LogP contribution >= 0.6 is 0 Å². The number of esters is 1. The van der Waals surface area contributed by atoms with Crippen LogP contribution in [0.5, 0.6) is 0 Å². The monoisotopic (exact) mass is 230 g/mol. The molecule has 0 spiro atoms.